The first-order chi connectivity index (χ1) is 14.1. The highest BCUT2D eigenvalue weighted by molar-refractivity contribution is 7.88. The molecular formula is C20H28FN5O3S. The zero-order valence-corrected chi connectivity index (χ0v) is 18.2. The Balaban J connectivity index is 1.75. The average molecular weight is 438 g/mol. The second kappa shape index (κ2) is 8.75. The Morgan fingerprint density at radius 3 is 2.67 bits per heavy atom. The van der Waals surface area contributed by atoms with Crippen molar-refractivity contribution >= 4 is 21.7 Å². The highest BCUT2D eigenvalue weighted by Crippen LogP contribution is 2.25. The second-order valence-corrected chi connectivity index (χ2v) is 9.71. The Morgan fingerprint density at radius 1 is 1.30 bits per heavy atom. The van der Waals surface area contributed by atoms with Gasteiger partial charge in [0.2, 0.25) is 10.0 Å². The van der Waals surface area contributed by atoms with Crippen LogP contribution in [0.1, 0.15) is 19.4 Å². The van der Waals surface area contributed by atoms with Crippen LogP contribution in [0, 0.1) is 5.82 Å². The van der Waals surface area contributed by atoms with Crippen molar-refractivity contribution in [1.82, 2.24) is 14.1 Å². The molecule has 10 heteroatoms. The highest BCUT2D eigenvalue weighted by atomic mass is 32.2. The number of hydrogen-bond donors (Lipinski definition) is 2. The molecule has 0 aliphatic carbocycles. The molecule has 0 spiro atoms. The Hall–Kier alpha value is -2.43. The largest absolute Gasteiger partial charge is 0.351 e. The zero-order chi connectivity index (χ0) is 22.1. The number of allylic oxidation sites excluding steroid dienone is 2. The van der Waals surface area contributed by atoms with Gasteiger partial charge in [-0.15, -0.1) is 0 Å². The molecule has 2 aliphatic heterocycles. The summed E-state index contributed by atoms with van der Waals surface area (Å²) in [6.07, 6.45) is 6.48. The number of nitrogens with zero attached hydrogens (tertiary/aromatic N) is 3. The molecule has 8 nitrogen and oxygen atoms in total. The van der Waals surface area contributed by atoms with Crippen molar-refractivity contribution < 1.29 is 17.6 Å². The third-order valence-electron chi connectivity index (χ3n) is 5.46. The first kappa shape index (κ1) is 22.3. The van der Waals surface area contributed by atoms with Crippen LogP contribution < -0.4 is 11.1 Å². The molecule has 0 radical (unpaired) electrons. The van der Waals surface area contributed by atoms with Crippen molar-refractivity contribution in [3.05, 3.63) is 53.6 Å². The summed E-state index contributed by atoms with van der Waals surface area (Å²) in [5.74, 6) is -0.00791. The van der Waals surface area contributed by atoms with Crippen molar-refractivity contribution in [1.29, 1.82) is 0 Å². The van der Waals surface area contributed by atoms with Gasteiger partial charge in [0.25, 0.3) is 0 Å². The van der Waals surface area contributed by atoms with Crippen LogP contribution in [0.5, 0.6) is 0 Å². The zero-order valence-electron chi connectivity index (χ0n) is 17.4. The summed E-state index contributed by atoms with van der Waals surface area (Å²) in [4.78, 5) is 15.2. The van der Waals surface area contributed by atoms with Crippen LogP contribution in [0.15, 0.2) is 42.2 Å². The fraction of sp³-hybridized carbons (Fsp3) is 0.450. The van der Waals surface area contributed by atoms with Gasteiger partial charge in [0.05, 0.1) is 18.0 Å². The molecule has 2 aliphatic rings. The molecule has 0 aromatic heterocycles. The van der Waals surface area contributed by atoms with E-state index in [0.717, 1.165) is 0 Å². The monoisotopic (exact) mass is 437 g/mol. The number of sulfonamides is 1. The molecule has 3 N–H and O–H groups in total. The minimum atomic E-state index is -3.23. The molecule has 3 rings (SSSR count). The maximum Gasteiger partial charge on any atom is 0.320 e. The number of primary amides is 1. The summed E-state index contributed by atoms with van der Waals surface area (Å²) in [6, 6.07) is 4.15. The summed E-state index contributed by atoms with van der Waals surface area (Å²) < 4.78 is 40.2. The molecule has 2 atom stereocenters. The lowest BCUT2D eigenvalue weighted by Gasteiger charge is -2.38. The lowest BCUT2D eigenvalue weighted by molar-refractivity contribution is 0.121. The molecule has 2 heterocycles. The Labute approximate surface area is 176 Å². The number of carbonyl (C=O) groups is 1. The Kier molecular flexibility index (Phi) is 6.49. The van der Waals surface area contributed by atoms with E-state index in [0.29, 0.717) is 37.6 Å². The first-order valence-electron chi connectivity index (χ1n) is 9.78. The maximum absolute atomic E-state index is 15.2. The number of carbonyl (C=O) groups excluding carboxylic acids is 1. The van der Waals surface area contributed by atoms with Crippen LogP contribution in [0.4, 0.5) is 14.9 Å². The van der Waals surface area contributed by atoms with Gasteiger partial charge < -0.3 is 11.1 Å². The molecule has 30 heavy (non-hydrogen) atoms. The number of hydrogen-bond acceptors (Lipinski definition) is 5. The van der Waals surface area contributed by atoms with E-state index in [-0.39, 0.29) is 17.8 Å². The van der Waals surface area contributed by atoms with E-state index in [1.807, 2.05) is 19.9 Å². The molecule has 0 bridgehead atoms. The smallest absolute Gasteiger partial charge is 0.320 e. The van der Waals surface area contributed by atoms with Crippen molar-refractivity contribution in [2.45, 2.75) is 32.5 Å². The van der Waals surface area contributed by atoms with Gasteiger partial charge in [-0.1, -0.05) is 24.3 Å². The number of nitrogens with one attached hydrogen (secondary N) is 1. The Bertz CT molecular complexity index is 979. The van der Waals surface area contributed by atoms with Crippen LogP contribution in [-0.4, -0.2) is 66.5 Å². The number of amides is 2. The summed E-state index contributed by atoms with van der Waals surface area (Å²) in [5.41, 5.74) is 6.21. The average Bonchev–Trinajstić information content (AvgIpc) is 2.65. The SMILES string of the molecule is CC1C=CC=C(Nc2cccc(CN3CCN(S(C)(=O)=O)C[C@H]3C)c2F)N1C(N)=O. The highest BCUT2D eigenvalue weighted by Gasteiger charge is 2.29. The van der Waals surface area contributed by atoms with E-state index in [1.165, 1.54) is 15.5 Å². The Morgan fingerprint density at radius 2 is 2.03 bits per heavy atom. The predicted octanol–water partition coefficient (Wildman–Crippen LogP) is 1.88. The topological polar surface area (TPSA) is 99.0 Å². The van der Waals surface area contributed by atoms with E-state index in [1.54, 1.807) is 30.4 Å². The summed E-state index contributed by atoms with van der Waals surface area (Å²) in [6.45, 7) is 5.39. The van der Waals surface area contributed by atoms with Crippen LogP contribution >= 0.6 is 0 Å². The van der Waals surface area contributed by atoms with E-state index < -0.39 is 21.9 Å². The standard InChI is InChI=1S/C20H28FN5O3S/c1-14-6-4-9-18(26(14)20(22)27)23-17-8-5-7-16(19(17)21)13-24-10-11-25(12-15(24)2)30(3,28)29/h4-9,14-15,23H,10-13H2,1-3H3,(H2,22,27)/t14?,15-/m1/s1. The molecule has 1 fully saturated rings. The fourth-order valence-corrected chi connectivity index (χ4v) is 4.67. The number of anilines is 1. The second-order valence-electron chi connectivity index (χ2n) is 7.73. The summed E-state index contributed by atoms with van der Waals surface area (Å²) >= 11 is 0. The van der Waals surface area contributed by atoms with Crippen molar-refractivity contribution in [2.75, 3.05) is 31.2 Å². The van der Waals surface area contributed by atoms with Crippen molar-refractivity contribution in [2.24, 2.45) is 5.73 Å². The van der Waals surface area contributed by atoms with E-state index >= 15 is 4.39 Å². The molecular weight excluding hydrogens is 409 g/mol. The summed E-state index contributed by atoms with van der Waals surface area (Å²) in [5, 5.41) is 2.98. The van der Waals surface area contributed by atoms with Crippen molar-refractivity contribution in [3.8, 4) is 0 Å². The van der Waals surface area contributed by atoms with Gasteiger partial charge in [-0.2, -0.15) is 4.31 Å². The third kappa shape index (κ3) is 4.82. The molecule has 1 unspecified atom stereocenters. The van der Waals surface area contributed by atoms with Crippen LogP contribution in [0.3, 0.4) is 0 Å². The van der Waals surface area contributed by atoms with E-state index in [9.17, 15) is 13.2 Å². The van der Waals surface area contributed by atoms with Crippen LogP contribution in [-0.2, 0) is 16.6 Å². The predicted molar refractivity (Wildman–Crippen MR) is 114 cm³/mol. The fourth-order valence-electron chi connectivity index (χ4n) is 3.77. The van der Waals surface area contributed by atoms with Crippen molar-refractivity contribution in [3.63, 3.8) is 0 Å². The third-order valence-corrected chi connectivity index (χ3v) is 6.73. The number of piperazine rings is 1. The lowest BCUT2D eigenvalue weighted by Crippen LogP contribution is -2.52. The first-order valence-corrected chi connectivity index (χ1v) is 11.6. The van der Waals surface area contributed by atoms with E-state index in [2.05, 4.69) is 10.2 Å². The molecule has 1 aromatic rings. The minimum Gasteiger partial charge on any atom is -0.351 e. The van der Waals surface area contributed by atoms with Gasteiger partial charge in [0, 0.05) is 37.8 Å². The summed E-state index contributed by atoms with van der Waals surface area (Å²) in [7, 11) is -3.23. The quantitative estimate of drug-likeness (QED) is 0.733. The van der Waals surface area contributed by atoms with Gasteiger partial charge in [-0.3, -0.25) is 9.80 Å². The number of urea groups is 1. The molecule has 1 saturated heterocycles. The van der Waals surface area contributed by atoms with E-state index in [4.69, 9.17) is 5.73 Å². The number of rotatable bonds is 5. The lowest BCUT2D eigenvalue weighted by atomic mass is 10.1. The molecule has 0 saturated carbocycles. The van der Waals surface area contributed by atoms with Crippen LogP contribution in [0.25, 0.3) is 0 Å². The molecule has 2 amide bonds. The minimum absolute atomic E-state index is 0.0399. The number of benzene rings is 1. The van der Waals surface area contributed by atoms with Gasteiger partial charge in [0.1, 0.15) is 5.82 Å². The molecule has 164 valence electrons. The molecule has 1 aromatic carbocycles. The number of nitrogens with two attached hydrogens (primary N) is 1. The normalized spacial score (nSPS) is 23.3. The number of halogens is 1. The van der Waals surface area contributed by atoms with Gasteiger partial charge in [-0.25, -0.2) is 17.6 Å². The maximum atomic E-state index is 15.2. The van der Waals surface area contributed by atoms with Gasteiger partial charge in [-0.05, 0) is 26.0 Å². The van der Waals surface area contributed by atoms with Gasteiger partial charge >= 0.3 is 6.03 Å². The van der Waals surface area contributed by atoms with Crippen LogP contribution in [0.2, 0.25) is 0 Å². The van der Waals surface area contributed by atoms with Gasteiger partial charge in [0.15, 0.2) is 5.82 Å².